The van der Waals surface area contributed by atoms with Gasteiger partial charge in [0.05, 0.1) is 13.7 Å². The smallest absolute Gasteiger partial charge is 0.120 e. The molecule has 0 fully saturated rings. The molecule has 1 aromatic carbocycles. The van der Waals surface area contributed by atoms with E-state index in [9.17, 15) is 0 Å². The van der Waals surface area contributed by atoms with E-state index in [-0.39, 0.29) is 0 Å². The molecule has 21 heavy (non-hydrogen) atoms. The molecule has 0 saturated heterocycles. The van der Waals surface area contributed by atoms with Crippen molar-refractivity contribution in [3.05, 3.63) is 47.4 Å². The molecule has 0 saturated carbocycles. The molecule has 0 aliphatic carbocycles. The van der Waals surface area contributed by atoms with E-state index in [2.05, 4.69) is 19.2 Å². The second kappa shape index (κ2) is 7.18. The number of hydrogen-bond acceptors (Lipinski definition) is 4. The van der Waals surface area contributed by atoms with Crippen molar-refractivity contribution in [2.75, 3.05) is 7.11 Å². The Morgan fingerprint density at radius 3 is 2.43 bits per heavy atom. The quantitative estimate of drug-likeness (QED) is 0.844. The summed E-state index contributed by atoms with van der Waals surface area (Å²) >= 11 is 0. The second-order valence-corrected chi connectivity index (χ2v) is 5.29. The summed E-state index contributed by atoms with van der Waals surface area (Å²) in [5.74, 6) is 3.49. The van der Waals surface area contributed by atoms with Gasteiger partial charge in [0.15, 0.2) is 0 Å². The number of ether oxygens (including phenoxy) is 2. The lowest BCUT2D eigenvalue weighted by Crippen LogP contribution is -2.21. The standard InChI is InChI=1S/C17H23NO3/c1-12(2)18-10-17-9-14(13(3)21-17)11-20-16-7-5-15(19-4)6-8-16/h5-9,12,18H,10-11H2,1-4H3. The van der Waals surface area contributed by atoms with Crippen LogP contribution in [0.1, 0.15) is 30.9 Å². The molecule has 114 valence electrons. The van der Waals surface area contributed by atoms with Crippen molar-refractivity contribution < 1.29 is 13.9 Å². The lowest BCUT2D eigenvalue weighted by atomic mass is 10.2. The minimum absolute atomic E-state index is 0.439. The van der Waals surface area contributed by atoms with Gasteiger partial charge in [-0.05, 0) is 37.3 Å². The second-order valence-electron chi connectivity index (χ2n) is 5.29. The molecule has 0 unspecified atom stereocenters. The third kappa shape index (κ3) is 4.53. The van der Waals surface area contributed by atoms with Gasteiger partial charge in [-0.1, -0.05) is 13.8 Å². The topological polar surface area (TPSA) is 43.6 Å². The normalized spacial score (nSPS) is 10.9. The molecule has 0 aliphatic heterocycles. The van der Waals surface area contributed by atoms with Crippen molar-refractivity contribution in [1.82, 2.24) is 5.32 Å². The number of aryl methyl sites for hydroxylation is 1. The number of rotatable bonds is 7. The summed E-state index contributed by atoms with van der Waals surface area (Å²) < 4.78 is 16.6. The van der Waals surface area contributed by atoms with E-state index in [1.54, 1.807) is 7.11 Å². The predicted molar refractivity (Wildman–Crippen MR) is 82.7 cm³/mol. The maximum atomic E-state index is 5.78. The van der Waals surface area contributed by atoms with Crippen LogP contribution in [0.2, 0.25) is 0 Å². The predicted octanol–water partition coefficient (Wildman–Crippen LogP) is 3.67. The lowest BCUT2D eigenvalue weighted by molar-refractivity contribution is 0.302. The molecule has 2 aromatic rings. The zero-order chi connectivity index (χ0) is 15.2. The molecular formula is C17H23NO3. The van der Waals surface area contributed by atoms with Gasteiger partial charge >= 0.3 is 0 Å². The van der Waals surface area contributed by atoms with Crippen molar-refractivity contribution in [1.29, 1.82) is 0 Å². The Morgan fingerprint density at radius 1 is 1.14 bits per heavy atom. The van der Waals surface area contributed by atoms with Crippen LogP contribution >= 0.6 is 0 Å². The summed E-state index contributed by atoms with van der Waals surface area (Å²) in [6.07, 6.45) is 0. The molecule has 2 rings (SSSR count). The van der Waals surface area contributed by atoms with Crippen LogP contribution in [0.15, 0.2) is 34.7 Å². The van der Waals surface area contributed by atoms with Crippen LogP contribution in [0.25, 0.3) is 0 Å². The van der Waals surface area contributed by atoms with Crippen molar-refractivity contribution in [3.63, 3.8) is 0 Å². The van der Waals surface area contributed by atoms with Crippen molar-refractivity contribution in [2.24, 2.45) is 0 Å². The van der Waals surface area contributed by atoms with Crippen molar-refractivity contribution in [2.45, 2.75) is 40.0 Å². The summed E-state index contributed by atoms with van der Waals surface area (Å²) in [4.78, 5) is 0. The first-order chi connectivity index (χ1) is 10.1. The third-order valence-corrected chi connectivity index (χ3v) is 3.21. The van der Waals surface area contributed by atoms with Gasteiger partial charge in [-0.3, -0.25) is 0 Å². The first-order valence-electron chi connectivity index (χ1n) is 7.17. The summed E-state index contributed by atoms with van der Waals surface area (Å²) in [6.45, 7) is 7.43. The van der Waals surface area contributed by atoms with Crippen LogP contribution in [0.4, 0.5) is 0 Å². The third-order valence-electron chi connectivity index (χ3n) is 3.21. The van der Waals surface area contributed by atoms with E-state index < -0.39 is 0 Å². The van der Waals surface area contributed by atoms with Crippen LogP contribution in [-0.4, -0.2) is 13.2 Å². The number of hydrogen-bond donors (Lipinski definition) is 1. The van der Waals surface area contributed by atoms with Gasteiger partial charge in [0, 0.05) is 11.6 Å². The Morgan fingerprint density at radius 2 is 1.81 bits per heavy atom. The summed E-state index contributed by atoms with van der Waals surface area (Å²) in [7, 11) is 1.65. The van der Waals surface area contributed by atoms with E-state index in [1.807, 2.05) is 37.3 Å². The van der Waals surface area contributed by atoms with E-state index >= 15 is 0 Å². The SMILES string of the molecule is COc1ccc(OCc2cc(CNC(C)C)oc2C)cc1. The minimum Gasteiger partial charge on any atom is -0.497 e. The van der Waals surface area contributed by atoms with Crippen LogP contribution in [0.5, 0.6) is 11.5 Å². The molecule has 0 bridgehead atoms. The molecule has 1 aromatic heterocycles. The monoisotopic (exact) mass is 289 g/mol. The molecule has 4 heteroatoms. The zero-order valence-electron chi connectivity index (χ0n) is 13.1. The molecule has 0 radical (unpaired) electrons. The Kier molecular flexibility index (Phi) is 5.28. The van der Waals surface area contributed by atoms with Gasteiger partial charge in [0.25, 0.3) is 0 Å². The van der Waals surface area contributed by atoms with Crippen LogP contribution in [0, 0.1) is 6.92 Å². The average molecular weight is 289 g/mol. The highest BCUT2D eigenvalue weighted by Crippen LogP contribution is 2.20. The van der Waals surface area contributed by atoms with E-state index in [0.717, 1.165) is 35.1 Å². The fraction of sp³-hybridized carbons (Fsp3) is 0.412. The first kappa shape index (κ1) is 15.4. The minimum atomic E-state index is 0.439. The van der Waals surface area contributed by atoms with Gasteiger partial charge in [-0.15, -0.1) is 0 Å². The Balaban J connectivity index is 1.92. The fourth-order valence-electron chi connectivity index (χ4n) is 1.96. The van der Waals surface area contributed by atoms with E-state index in [0.29, 0.717) is 12.6 Å². The molecular weight excluding hydrogens is 266 g/mol. The summed E-state index contributed by atoms with van der Waals surface area (Å²) in [5, 5.41) is 3.34. The van der Waals surface area contributed by atoms with Crippen molar-refractivity contribution >= 4 is 0 Å². The van der Waals surface area contributed by atoms with Gasteiger partial charge in [0.1, 0.15) is 29.6 Å². The van der Waals surface area contributed by atoms with Gasteiger partial charge < -0.3 is 19.2 Å². The summed E-state index contributed by atoms with van der Waals surface area (Å²) in [5.41, 5.74) is 1.08. The Hall–Kier alpha value is -1.94. The number of furan rings is 1. The summed E-state index contributed by atoms with van der Waals surface area (Å²) in [6, 6.07) is 10.1. The molecule has 4 nitrogen and oxygen atoms in total. The van der Waals surface area contributed by atoms with Crippen LogP contribution in [0.3, 0.4) is 0 Å². The highest BCUT2D eigenvalue weighted by atomic mass is 16.5. The number of benzene rings is 1. The molecule has 0 aliphatic rings. The van der Waals surface area contributed by atoms with Crippen molar-refractivity contribution in [3.8, 4) is 11.5 Å². The highest BCUT2D eigenvalue weighted by Gasteiger charge is 2.08. The Bertz CT molecular complexity index is 558. The molecule has 0 spiro atoms. The lowest BCUT2D eigenvalue weighted by Gasteiger charge is -2.06. The zero-order valence-corrected chi connectivity index (χ0v) is 13.1. The van der Waals surface area contributed by atoms with Crippen LogP contribution < -0.4 is 14.8 Å². The first-order valence-corrected chi connectivity index (χ1v) is 7.17. The average Bonchev–Trinajstić information content (AvgIpc) is 2.84. The molecule has 0 atom stereocenters. The fourth-order valence-corrected chi connectivity index (χ4v) is 1.96. The van der Waals surface area contributed by atoms with Gasteiger partial charge in [-0.25, -0.2) is 0 Å². The largest absolute Gasteiger partial charge is 0.497 e. The van der Waals surface area contributed by atoms with Gasteiger partial charge in [0.2, 0.25) is 0 Å². The highest BCUT2D eigenvalue weighted by molar-refractivity contribution is 5.31. The number of methoxy groups -OCH3 is 1. The molecule has 0 amide bonds. The van der Waals surface area contributed by atoms with Crippen LogP contribution in [-0.2, 0) is 13.2 Å². The maximum Gasteiger partial charge on any atom is 0.120 e. The Labute approximate surface area is 126 Å². The molecule has 1 N–H and O–H groups in total. The number of nitrogens with one attached hydrogen (secondary N) is 1. The maximum absolute atomic E-state index is 5.78. The molecule has 1 heterocycles. The van der Waals surface area contributed by atoms with E-state index in [1.165, 1.54) is 0 Å². The van der Waals surface area contributed by atoms with E-state index in [4.69, 9.17) is 13.9 Å². The van der Waals surface area contributed by atoms with Gasteiger partial charge in [-0.2, -0.15) is 0 Å².